The molecule has 0 saturated heterocycles. The van der Waals surface area contributed by atoms with Gasteiger partial charge in [-0.15, -0.1) is 0 Å². The second kappa shape index (κ2) is 6.40. The molecule has 0 aromatic heterocycles. The third-order valence-corrected chi connectivity index (χ3v) is 2.51. The molecule has 0 saturated carbocycles. The highest BCUT2D eigenvalue weighted by molar-refractivity contribution is 5.95. The van der Waals surface area contributed by atoms with Crippen LogP contribution in [0.2, 0.25) is 0 Å². The van der Waals surface area contributed by atoms with E-state index >= 15 is 0 Å². The second-order valence-electron chi connectivity index (χ2n) is 4.57. The third kappa shape index (κ3) is 4.37. The van der Waals surface area contributed by atoms with Gasteiger partial charge in [-0.05, 0) is 37.9 Å². The minimum absolute atomic E-state index is 0.0339. The summed E-state index contributed by atoms with van der Waals surface area (Å²) in [5.74, 6) is -1.96. The summed E-state index contributed by atoms with van der Waals surface area (Å²) in [6.45, 7) is 2.48. The molecule has 0 fully saturated rings. The first kappa shape index (κ1) is 14.5. The fraction of sp³-hybridized carbons (Fsp3) is 0.357. The molecule has 0 radical (unpaired) electrons. The Balaban J connectivity index is 2.68. The SMILES string of the molecule is CC(CN(C)C)C(=O)C=Cc1ccc(F)c(F)c1. The Morgan fingerprint density at radius 3 is 2.56 bits per heavy atom. The number of hydrogen-bond donors (Lipinski definition) is 0. The summed E-state index contributed by atoms with van der Waals surface area (Å²) < 4.78 is 25.6. The van der Waals surface area contributed by atoms with Crippen LogP contribution < -0.4 is 0 Å². The molecular formula is C14H17F2NO. The van der Waals surface area contributed by atoms with E-state index in [1.807, 2.05) is 25.9 Å². The minimum Gasteiger partial charge on any atom is -0.309 e. The topological polar surface area (TPSA) is 20.3 Å². The molecule has 0 N–H and O–H groups in total. The minimum atomic E-state index is -0.911. The Hall–Kier alpha value is -1.55. The zero-order valence-electron chi connectivity index (χ0n) is 10.8. The maximum atomic E-state index is 12.9. The van der Waals surface area contributed by atoms with E-state index in [-0.39, 0.29) is 11.7 Å². The average molecular weight is 253 g/mol. The lowest BCUT2D eigenvalue weighted by Gasteiger charge is -2.13. The standard InChI is InChI=1S/C14H17F2NO/c1-10(9-17(2)3)14(18)7-5-11-4-6-12(15)13(16)8-11/h4-8,10H,9H2,1-3H3. The van der Waals surface area contributed by atoms with Crippen molar-refractivity contribution >= 4 is 11.9 Å². The second-order valence-corrected chi connectivity index (χ2v) is 4.57. The molecule has 0 aliphatic rings. The maximum absolute atomic E-state index is 12.9. The third-order valence-electron chi connectivity index (χ3n) is 2.51. The van der Waals surface area contributed by atoms with Crippen molar-refractivity contribution in [3.05, 3.63) is 41.5 Å². The van der Waals surface area contributed by atoms with Gasteiger partial charge in [0, 0.05) is 12.5 Å². The number of allylic oxidation sites excluding steroid dienone is 1. The Morgan fingerprint density at radius 1 is 1.33 bits per heavy atom. The van der Waals surface area contributed by atoms with Gasteiger partial charge in [0.15, 0.2) is 17.4 Å². The molecule has 0 heterocycles. The van der Waals surface area contributed by atoms with Gasteiger partial charge in [-0.1, -0.05) is 19.1 Å². The van der Waals surface area contributed by atoms with Gasteiger partial charge in [0.25, 0.3) is 0 Å². The Bertz CT molecular complexity index is 455. The lowest BCUT2D eigenvalue weighted by molar-refractivity contribution is -0.118. The summed E-state index contributed by atoms with van der Waals surface area (Å²) >= 11 is 0. The van der Waals surface area contributed by atoms with Crippen molar-refractivity contribution in [1.82, 2.24) is 4.90 Å². The zero-order chi connectivity index (χ0) is 13.7. The van der Waals surface area contributed by atoms with Crippen LogP contribution in [0.1, 0.15) is 12.5 Å². The number of ketones is 1. The molecule has 1 unspecified atom stereocenters. The van der Waals surface area contributed by atoms with Gasteiger partial charge in [0.1, 0.15) is 0 Å². The van der Waals surface area contributed by atoms with Crippen molar-refractivity contribution in [3.63, 3.8) is 0 Å². The molecule has 0 aliphatic heterocycles. The molecule has 0 spiro atoms. The lowest BCUT2D eigenvalue weighted by atomic mass is 10.0. The quantitative estimate of drug-likeness (QED) is 0.752. The molecule has 2 nitrogen and oxygen atoms in total. The number of hydrogen-bond acceptors (Lipinski definition) is 2. The summed E-state index contributed by atoms with van der Waals surface area (Å²) in [7, 11) is 3.78. The first-order valence-electron chi connectivity index (χ1n) is 5.72. The number of rotatable bonds is 5. The zero-order valence-corrected chi connectivity index (χ0v) is 10.8. The van der Waals surface area contributed by atoms with Gasteiger partial charge in [-0.2, -0.15) is 0 Å². The number of nitrogens with zero attached hydrogens (tertiary/aromatic N) is 1. The molecule has 0 bridgehead atoms. The molecule has 1 atom stereocenters. The van der Waals surface area contributed by atoms with Crippen molar-refractivity contribution in [2.45, 2.75) is 6.92 Å². The van der Waals surface area contributed by atoms with Crippen molar-refractivity contribution in [3.8, 4) is 0 Å². The molecule has 1 aromatic rings. The molecule has 1 aromatic carbocycles. The number of benzene rings is 1. The van der Waals surface area contributed by atoms with Crippen molar-refractivity contribution < 1.29 is 13.6 Å². The summed E-state index contributed by atoms with van der Waals surface area (Å²) in [6.07, 6.45) is 2.90. The van der Waals surface area contributed by atoms with E-state index in [4.69, 9.17) is 0 Å². The van der Waals surface area contributed by atoms with Gasteiger partial charge >= 0.3 is 0 Å². The molecule has 0 amide bonds. The van der Waals surface area contributed by atoms with Crippen LogP contribution >= 0.6 is 0 Å². The van der Waals surface area contributed by atoms with Crippen LogP contribution in [0, 0.1) is 17.6 Å². The molecule has 18 heavy (non-hydrogen) atoms. The number of carbonyl (C=O) groups is 1. The van der Waals surface area contributed by atoms with Crippen LogP contribution in [0.3, 0.4) is 0 Å². The van der Waals surface area contributed by atoms with Crippen molar-refractivity contribution in [1.29, 1.82) is 0 Å². The van der Waals surface area contributed by atoms with Crippen molar-refractivity contribution in [2.75, 3.05) is 20.6 Å². The number of carbonyl (C=O) groups excluding carboxylic acids is 1. The summed E-state index contributed by atoms with van der Waals surface area (Å²) in [5.41, 5.74) is 0.472. The fourth-order valence-electron chi connectivity index (χ4n) is 1.60. The van der Waals surface area contributed by atoms with E-state index in [0.29, 0.717) is 12.1 Å². The Morgan fingerprint density at radius 2 is 2.00 bits per heavy atom. The molecule has 1 rings (SSSR count). The van der Waals surface area contributed by atoms with E-state index in [1.54, 1.807) is 0 Å². The normalized spacial score (nSPS) is 13.2. The summed E-state index contributed by atoms with van der Waals surface area (Å²) in [6, 6.07) is 3.54. The molecule has 0 aliphatic carbocycles. The highest BCUT2D eigenvalue weighted by Crippen LogP contribution is 2.10. The van der Waals surface area contributed by atoms with E-state index in [0.717, 1.165) is 12.1 Å². The highest BCUT2D eigenvalue weighted by atomic mass is 19.2. The van der Waals surface area contributed by atoms with E-state index in [2.05, 4.69) is 0 Å². The smallest absolute Gasteiger partial charge is 0.159 e. The molecule has 4 heteroatoms. The Labute approximate surface area is 106 Å². The average Bonchev–Trinajstić information content (AvgIpc) is 2.29. The van der Waals surface area contributed by atoms with Gasteiger partial charge < -0.3 is 4.90 Å². The van der Waals surface area contributed by atoms with E-state index in [1.165, 1.54) is 18.2 Å². The van der Waals surface area contributed by atoms with Gasteiger partial charge in [0.05, 0.1) is 0 Å². The van der Waals surface area contributed by atoms with Crippen LogP contribution in [0.25, 0.3) is 6.08 Å². The predicted molar refractivity (Wildman–Crippen MR) is 68.1 cm³/mol. The number of halogens is 2. The molecular weight excluding hydrogens is 236 g/mol. The largest absolute Gasteiger partial charge is 0.309 e. The summed E-state index contributed by atoms with van der Waals surface area (Å²) in [5, 5.41) is 0. The highest BCUT2D eigenvalue weighted by Gasteiger charge is 2.10. The van der Waals surface area contributed by atoms with Gasteiger partial charge in [-0.25, -0.2) is 8.78 Å². The Kier molecular flexibility index (Phi) is 5.16. The maximum Gasteiger partial charge on any atom is 0.159 e. The van der Waals surface area contributed by atoms with Crippen LogP contribution in [0.15, 0.2) is 24.3 Å². The van der Waals surface area contributed by atoms with Gasteiger partial charge in [-0.3, -0.25) is 4.79 Å². The first-order valence-corrected chi connectivity index (χ1v) is 5.72. The van der Waals surface area contributed by atoms with Crippen LogP contribution in [0.4, 0.5) is 8.78 Å². The first-order chi connectivity index (χ1) is 8.40. The van der Waals surface area contributed by atoms with Crippen LogP contribution in [-0.4, -0.2) is 31.3 Å². The van der Waals surface area contributed by atoms with Crippen molar-refractivity contribution in [2.24, 2.45) is 5.92 Å². The van der Waals surface area contributed by atoms with E-state index in [9.17, 15) is 13.6 Å². The lowest BCUT2D eigenvalue weighted by Crippen LogP contribution is -2.24. The molecule has 98 valence electrons. The summed E-state index contributed by atoms with van der Waals surface area (Å²) in [4.78, 5) is 13.6. The van der Waals surface area contributed by atoms with Crippen LogP contribution in [-0.2, 0) is 4.79 Å². The van der Waals surface area contributed by atoms with Gasteiger partial charge in [0.2, 0.25) is 0 Å². The van der Waals surface area contributed by atoms with E-state index < -0.39 is 11.6 Å². The fourth-order valence-corrected chi connectivity index (χ4v) is 1.60. The monoisotopic (exact) mass is 253 g/mol. The predicted octanol–water partition coefficient (Wildman–Crippen LogP) is 2.74. The van der Waals surface area contributed by atoms with Crippen LogP contribution in [0.5, 0.6) is 0 Å².